The molecule has 0 spiro atoms. The molecule has 22 heavy (non-hydrogen) atoms. The number of nitro groups is 1. The van der Waals surface area contributed by atoms with Crippen LogP contribution >= 0.6 is 0 Å². The Bertz CT molecular complexity index is 313. The van der Waals surface area contributed by atoms with Gasteiger partial charge in [0.15, 0.2) is 0 Å². The highest BCUT2D eigenvalue weighted by Gasteiger charge is 2.09. The zero-order chi connectivity index (χ0) is 16.5. The van der Waals surface area contributed by atoms with Crippen LogP contribution in [0.3, 0.4) is 0 Å². The molecule has 0 aromatic heterocycles. The number of carbonyl (C=O) groups excluding carboxylic acids is 1. The van der Waals surface area contributed by atoms with Gasteiger partial charge in [0.1, 0.15) is 6.29 Å². The van der Waals surface area contributed by atoms with Crippen molar-refractivity contribution in [3.05, 3.63) is 21.9 Å². The Hall–Kier alpha value is -1.19. The number of rotatable bonds is 16. The van der Waals surface area contributed by atoms with Crippen molar-refractivity contribution >= 4 is 6.29 Å². The van der Waals surface area contributed by atoms with E-state index in [1.54, 1.807) is 0 Å². The average molecular weight is 311 g/mol. The lowest BCUT2D eigenvalue weighted by atomic mass is 10.1. The Balaban J connectivity index is 3.68. The maximum Gasteiger partial charge on any atom is 0.242 e. The maximum atomic E-state index is 11.0. The second-order valence-corrected chi connectivity index (χ2v) is 5.98. The molecule has 0 saturated heterocycles. The van der Waals surface area contributed by atoms with Crippen molar-refractivity contribution in [2.24, 2.45) is 0 Å². The number of aldehydes is 1. The number of carbonyl (C=O) groups is 1. The zero-order valence-corrected chi connectivity index (χ0v) is 14.2. The molecule has 0 heterocycles. The second kappa shape index (κ2) is 16.2. The quantitative estimate of drug-likeness (QED) is 0.156. The molecule has 0 bridgehead atoms. The summed E-state index contributed by atoms with van der Waals surface area (Å²) in [4.78, 5) is 21.0. The van der Waals surface area contributed by atoms with Crippen molar-refractivity contribution in [3.8, 4) is 0 Å². The highest BCUT2D eigenvalue weighted by molar-refractivity contribution is 5.48. The van der Waals surface area contributed by atoms with Crippen LogP contribution in [0.4, 0.5) is 0 Å². The molecule has 0 atom stereocenters. The fourth-order valence-corrected chi connectivity index (χ4v) is 2.53. The van der Waals surface area contributed by atoms with E-state index in [0.29, 0.717) is 18.5 Å². The lowest BCUT2D eigenvalue weighted by Crippen LogP contribution is -1.99. The SMILES string of the molecule is CCCCCCCC/C(=C/CCCCCCCC=O)[N+](=O)[O-]. The van der Waals surface area contributed by atoms with Crippen LogP contribution in [-0.4, -0.2) is 11.2 Å². The molecule has 4 nitrogen and oxygen atoms in total. The number of hydrogen-bond acceptors (Lipinski definition) is 3. The van der Waals surface area contributed by atoms with Crippen molar-refractivity contribution < 1.29 is 9.72 Å². The lowest BCUT2D eigenvalue weighted by Gasteiger charge is -2.01. The molecule has 0 rings (SSSR count). The molecule has 0 aliphatic heterocycles. The van der Waals surface area contributed by atoms with Gasteiger partial charge in [0.25, 0.3) is 0 Å². The van der Waals surface area contributed by atoms with E-state index in [1.165, 1.54) is 25.7 Å². The summed E-state index contributed by atoms with van der Waals surface area (Å²) in [6, 6.07) is 0. The Labute approximate surface area is 135 Å². The first-order valence-electron chi connectivity index (χ1n) is 8.99. The molecule has 128 valence electrons. The Morgan fingerprint density at radius 1 is 0.864 bits per heavy atom. The van der Waals surface area contributed by atoms with E-state index in [1.807, 2.05) is 6.08 Å². The van der Waals surface area contributed by atoms with Crippen LogP contribution in [0.15, 0.2) is 11.8 Å². The fourth-order valence-electron chi connectivity index (χ4n) is 2.53. The topological polar surface area (TPSA) is 60.2 Å². The second-order valence-electron chi connectivity index (χ2n) is 5.98. The Kier molecular flexibility index (Phi) is 15.3. The Morgan fingerprint density at radius 3 is 2.00 bits per heavy atom. The minimum Gasteiger partial charge on any atom is -0.303 e. The van der Waals surface area contributed by atoms with E-state index in [0.717, 1.165) is 57.7 Å². The van der Waals surface area contributed by atoms with Crippen LogP contribution in [0.1, 0.15) is 96.8 Å². The van der Waals surface area contributed by atoms with Crippen LogP contribution in [0.25, 0.3) is 0 Å². The van der Waals surface area contributed by atoms with Gasteiger partial charge in [-0.1, -0.05) is 58.3 Å². The number of allylic oxidation sites excluding steroid dienone is 2. The third-order valence-electron chi connectivity index (χ3n) is 3.93. The monoisotopic (exact) mass is 311 g/mol. The lowest BCUT2D eigenvalue weighted by molar-refractivity contribution is -0.428. The third kappa shape index (κ3) is 13.8. The standard InChI is InChI=1S/C18H33NO3/c1-2-3-4-5-9-12-15-18(19(21)22)16-13-10-7-6-8-11-14-17-20/h16-17H,2-15H2,1H3/b18-16-. The van der Waals surface area contributed by atoms with Gasteiger partial charge in [-0.2, -0.15) is 0 Å². The molecule has 0 N–H and O–H groups in total. The van der Waals surface area contributed by atoms with Gasteiger partial charge in [-0.05, 0) is 31.8 Å². The molecule has 0 fully saturated rings. The van der Waals surface area contributed by atoms with Crippen LogP contribution in [0.5, 0.6) is 0 Å². The van der Waals surface area contributed by atoms with Crippen molar-refractivity contribution in [2.75, 3.05) is 0 Å². The molecule has 0 aromatic rings. The zero-order valence-electron chi connectivity index (χ0n) is 14.2. The summed E-state index contributed by atoms with van der Waals surface area (Å²) in [6.07, 6.45) is 17.1. The van der Waals surface area contributed by atoms with Gasteiger partial charge >= 0.3 is 0 Å². The first-order valence-corrected chi connectivity index (χ1v) is 8.99. The summed E-state index contributed by atoms with van der Waals surface area (Å²) in [5, 5.41) is 11.0. The first-order chi connectivity index (χ1) is 10.7. The fraction of sp³-hybridized carbons (Fsp3) is 0.833. The molecule has 0 aliphatic rings. The molecule has 0 unspecified atom stereocenters. The minimum absolute atomic E-state index is 0.212. The van der Waals surface area contributed by atoms with Crippen LogP contribution < -0.4 is 0 Å². The van der Waals surface area contributed by atoms with E-state index in [2.05, 4.69) is 6.92 Å². The molecule has 0 amide bonds. The summed E-state index contributed by atoms with van der Waals surface area (Å²) in [7, 11) is 0. The van der Waals surface area contributed by atoms with Gasteiger partial charge < -0.3 is 4.79 Å². The smallest absolute Gasteiger partial charge is 0.242 e. The highest BCUT2D eigenvalue weighted by Crippen LogP contribution is 2.14. The van der Waals surface area contributed by atoms with Crippen molar-refractivity contribution in [3.63, 3.8) is 0 Å². The predicted molar refractivity (Wildman–Crippen MR) is 91.5 cm³/mol. The van der Waals surface area contributed by atoms with Crippen molar-refractivity contribution in [2.45, 2.75) is 96.8 Å². The van der Waals surface area contributed by atoms with Crippen molar-refractivity contribution in [1.29, 1.82) is 0 Å². The molecule has 0 saturated carbocycles. The summed E-state index contributed by atoms with van der Waals surface area (Å²) in [5.74, 6) is 0. The normalized spacial score (nSPS) is 11.6. The highest BCUT2D eigenvalue weighted by atomic mass is 16.6. The largest absolute Gasteiger partial charge is 0.303 e. The third-order valence-corrected chi connectivity index (χ3v) is 3.93. The van der Waals surface area contributed by atoms with Gasteiger partial charge in [0.2, 0.25) is 5.70 Å². The number of nitrogens with zero attached hydrogens (tertiary/aromatic N) is 1. The average Bonchev–Trinajstić information content (AvgIpc) is 2.50. The van der Waals surface area contributed by atoms with Gasteiger partial charge in [-0.25, -0.2) is 0 Å². The van der Waals surface area contributed by atoms with Crippen molar-refractivity contribution in [1.82, 2.24) is 0 Å². The van der Waals surface area contributed by atoms with Gasteiger partial charge in [0.05, 0.1) is 4.92 Å². The van der Waals surface area contributed by atoms with Crippen LogP contribution in [0.2, 0.25) is 0 Å². The molecule has 0 radical (unpaired) electrons. The first kappa shape index (κ1) is 20.8. The van der Waals surface area contributed by atoms with E-state index in [9.17, 15) is 14.9 Å². The Morgan fingerprint density at radius 2 is 1.41 bits per heavy atom. The van der Waals surface area contributed by atoms with Gasteiger partial charge in [-0.15, -0.1) is 0 Å². The maximum absolute atomic E-state index is 11.0. The van der Waals surface area contributed by atoms with E-state index >= 15 is 0 Å². The summed E-state index contributed by atoms with van der Waals surface area (Å²) >= 11 is 0. The van der Waals surface area contributed by atoms with Crippen LogP contribution in [0, 0.1) is 10.1 Å². The molecule has 0 aromatic carbocycles. The minimum atomic E-state index is -0.212. The summed E-state index contributed by atoms with van der Waals surface area (Å²) in [5.41, 5.74) is 0.399. The molecular formula is C18H33NO3. The predicted octanol–water partition coefficient (Wildman–Crippen LogP) is 5.83. The number of unbranched alkanes of at least 4 members (excludes halogenated alkanes) is 11. The van der Waals surface area contributed by atoms with E-state index < -0.39 is 0 Å². The molecule has 4 heteroatoms. The van der Waals surface area contributed by atoms with Gasteiger partial charge in [0, 0.05) is 12.8 Å². The summed E-state index contributed by atoms with van der Waals surface area (Å²) in [6.45, 7) is 2.19. The van der Waals surface area contributed by atoms with E-state index in [4.69, 9.17) is 0 Å². The van der Waals surface area contributed by atoms with Gasteiger partial charge in [-0.3, -0.25) is 10.1 Å². The summed E-state index contributed by atoms with van der Waals surface area (Å²) < 4.78 is 0. The molecule has 0 aliphatic carbocycles. The van der Waals surface area contributed by atoms with E-state index in [-0.39, 0.29) is 4.92 Å². The van der Waals surface area contributed by atoms with Crippen LogP contribution in [-0.2, 0) is 4.79 Å². The number of hydrogen-bond donors (Lipinski definition) is 0. The molecular weight excluding hydrogens is 278 g/mol.